The van der Waals surface area contributed by atoms with Gasteiger partial charge in [-0.1, -0.05) is 29.8 Å². The molecular formula is C22H20ClF3N4. The highest BCUT2D eigenvalue weighted by atomic mass is 35.5. The van der Waals surface area contributed by atoms with Gasteiger partial charge < -0.3 is 4.90 Å². The first-order valence-electron chi connectivity index (χ1n) is 9.40. The summed E-state index contributed by atoms with van der Waals surface area (Å²) in [5.74, 6) is 0.754. The first kappa shape index (κ1) is 20.6. The summed E-state index contributed by atoms with van der Waals surface area (Å²) < 4.78 is 42.5. The third-order valence-corrected chi connectivity index (χ3v) is 5.37. The smallest absolute Gasteiger partial charge is 0.302 e. The Morgan fingerprint density at radius 1 is 1.10 bits per heavy atom. The standard InChI is InChI=1S/C22H20ClF3N4/c1-13-19-11-27-21(15-6-4-5-7-17(15)23)16-10-14(22(24,25)26)8-9-18(16)30(19)20(28-13)12-29(2)3/h4-10H,11-12H2,1-3H3. The van der Waals surface area contributed by atoms with Gasteiger partial charge in [-0.3, -0.25) is 9.56 Å². The van der Waals surface area contributed by atoms with Gasteiger partial charge in [-0.25, -0.2) is 4.98 Å². The summed E-state index contributed by atoms with van der Waals surface area (Å²) in [6.45, 7) is 2.73. The third-order valence-electron chi connectivity index (χ3n) is 5.04. The van der Waals surface area contributed by atoms with Crippen LogP contribution in [0.4, 0.5) is 13.2 Å². The van der Waals surface area contributed by atoms with Gasteiger partial charge in [0.05, 0.1) is 41.4 Å². The molecule has 0 atom stereocenters. The van der Waals surface area contributed by atoms with E-state index in [1.165, 1.54) is 6.07 Å². The average Bonchev–Trinajstić information content (AvgIpc) is 2.86. The van der Waals surface area contributed by atoms with Crippen molar-refractivity contribution in [2.75, 3.05) is 14.1 Å². The van der Waals surface area contributed by atoms with Crippen LogP contribution in [-0.2, 0) is 19.3 Å². The lowest BCUT2D eigenvalue weighted by Gasteiger charge is -2.18. The molecule has 0 saturated carbocycles. The van der Waals surface area contributed by atoms with Crippen LogP contribution in [-0.4, -0.2) is 34.3 Å². The number of hydrogen-bond acceptors (Lipinski definition) is 3. The number of halogens is 4. The van der Waals surface area contributed by atoms with E-state index in [0.717, 1.165) is 29.3 Å². The van der Waals surface area contributed by atoms with Crippen molar-refractivity contribution >= 4 is 17.3 Å². The summed E-state index contributed by atoms with van der Waals surface area (Å²) >= 11 is 6.39. The maximum Gasteiger partial charge on any atom is 0.416 e. The molecule has 0 unspecified atom stereocenters. The van der Waals surface area contributed by atoms with Gasteiger partial charge in [-0.05, 0) is 45.3 Å². The number of aliphatic imine (C=N–C) groups is 1. The van der Waals surface area contributed by atoms with E-state index in [0.29, 0.717) is 40.6 Å². The number of aromatic nitrogens is 2. The Hall–Kier alpha value is -2.64. The van der Waals surface area contributed by atoms with Crippen molar-refractivity contribution in [1.29, 1.82) is 0 Å². The van der Waals surface area contributed by atoms with Crippen LogP contribution >= 0.6 is 11.6 Å². The van der Waals surface area contributed by atoms with Crippen molar-refractivity contribution in [3.63, 3.8) is 0 Å². The number of benzene rings is 2. The van der Waals surface area contributed by atoms with Crippen molar-refractivity contribution in [3.05, 3.63) is 81.4 Å². The zero-order valence-corrected chi connectivity index (χ0v) is 17.5. The molecule has 0 N–H and O–H groups in total. The number of alkyl halides is 3. The quantitative estimate of drug-likeness (QED) is 0.565. The average molecular weight is 433 g/mol. The second-order valence-electron chi connectivity index (χ2n) is 7.51. The monoisotopic (exact) mass is 432 g/mol. The fourth-order valence-electron chi connectivity index (χ4n) is 3.70. The normalized spacial score (nSPS) is 13.7. The van der Waals surface area contributed by atoms with E-state index in [4.69, 9.17) is 16.6 Å². The van der Waals surface area contributed by atoms with Crippen LogP contribution in [0.2, 0.25) is 5.02 Å². The first-order valence-corrected chi connectivity index (χ1v) is 9.77. The lowest BCUT2D eigenvalue weighted by molar-refractivity contribution is -0.137. The number of imidazole rings is 1. The second-order valence-corrected chi connectivity index (χ2v) is 7.91. The zero-order chi connectivity index (χ0) is 21.6. The largest absolute Gasteiger partial charge is 0.416 e. The molecule has 4 rings (SSSR count). The molecule has 0 amide bonds. The molecule has 1 aliphatic heterocycles. The lowest BCUT2D eigenvalue weighted by atomic mass is 9.98. The summed E-state index contributed by atoms with van der Waals surface area (Å²) in [4.78, 5) is 11.3. The molecule has 0 radical (unpaired) electrons. The lowest BCUT2D eigenvalue weighted by Crippen LogP contribution is -2.17. The Bertz CT molecular complexity index is 1150. The predicted molar refractivity (Wildman–Crippen MR) is 111 cm³/mol. The minimum Gasteiger partial charge on any atom is -0.302 e. The highest BCUT2D eigenvalue weighted by Gasteiger charge is 2.33. The van der Waals surface area contributed by atoms with Crippen LogP contribution in [0.5, 0.6) is 0 Å². The maximum absolute atomic E-state index is 13.5. The Morgan fingerprint density at radius 3 is 2.50 bits per heavy atom. The molecule has 0 spiro atoms. The fraction of sp³-hybridized carbons (Fsp3) is 0.273. The molecule has 1 aromatic heterocycles. The summed E-state index contributed by atoms with van der Waals surface area (Å²) in [5, 5.41) is 0.439. The summed E-state index contributed by atoms with van der Waals surface area (Å²) in [7, 11) is 3.85. The van der Waals surface area contributed by atoms with Gasteiger partial charge in [-0.15, -0.1) is 0 Å². The van der Waals surface area contributed by atoms with Crippen molar-refractivity contribution < 1.29 is 13.2 Å². The molecule has 2 heterocycles. The first-order chi connectivity index (χ1) is 14.2. The van der Waals surface area contributed by atoms with E-state index >= 15 is 0 Å². The fourth-order valence-corrected chi connectivity index (χ4v) is 3.93. The van der Waals surface area contributed by atoms with Gasteiger partial charge in [0.25, 0.3) is 0 Å². The molecule has 2 aromatic carbocycles. The van der Waals surface area contributed by atoms with Gasteiger partial charge in [0, 0.05) is 16.1 Å². The van der Waals surface area contributed by atoms with Gasteiger partial charge in [0.1, 0.15) is 5.82 Å². The number of fused-ring (bicyclic) bond motifs is 3. The van der Waals surface area contributed by atoms with Crippen molar-refractivity contribution in [2.24, 2.45) is 4.99 Å². The van der Waals surface area contributed by atoms with Crippen molar-refractivity contribution in [2.45, 2.75) is 26.2 Å². The SMILES string of the molecule is Cc1nc(CN(C)C)n2c1CN=C(c1ccccc1Cl)c1cc(C(F)(F)F)ccc1-2. The van der Waals surface area contributed by atoms with Crippen LogP contribution in [0.1, 0.15) is 33.9 Å². The van der Waals surface area contributed by atoms with Crippen molar-refractivity contribution in [3.8, 4) is 5.69 Å². The molecule has 0 aliphatic carbocycles. The number of nitrogens with zero attached hydrogens (tertiary/aromatic N) is 4. The van der Waals surface area contributed by atoms with Gasteiger partial charge in [-0.2, -0.15) is 13.2 Å². The molecule has 4 nitrogen and oxygen atoms in total. The van der Waals surface area contributed by atoms with Crippen LogP contribution in [0.25, 0.3) is 5.69 Å². The number of rotatable bonds is 3. The summed E-state index contributed by atoms with van der Waals surface area (Å²) in [5.41, 5.74) is 2.98. The molecule has 3 aromatic rings. The second kappa shape index (κ2) is 7.56. The molecular weight excluding hydrogens is 413 g/mol. The Morgan fingerprint density at radius 2 is 1.83 bits per heavy atom. The Balaban J connectivity index is 2.02. The molecule has 30 heavy (non-hydrogen) atoms. The van der Waals surface area contributed by atoms with Crippen LogP contribution < -0.4 is 0 Å². The highest BCUT2D eigenvalue weighted by molar-refractivity contribution is 6.35. The van der Waals surface area contributed by atoms with E-state index in [-0.39, 0.29) is 0 Å². The molecule has 156 valence electrons. The summed E-state index contributed by atoms with van der Waals surface area (Å²) in [6, 6.07) is 10.8. The van der Waals surface area contributed by atoms with Gasteiger partial charge >= 0.3 is 6.18 Å². The van der Waals surface area contributed by atoms with E-state index in [9.17, 15) is 13.2 Å². The van der Waals surface area contributed by atoms with Crippen LogP contribution in [0.3, 0.4) is 0 Å². The van der Waals surface area contributed by atoms with Crippen molar-refractivity contribution in [1.82, 2.24) is 14.5 Å². The number of aryl methyl sites for hydroxylation is 1. The van der Waals surface area contributed by atoms with Crippen LogP contribution in [0, 0.1) is 6.92 Å². The van der Waals surface area contributed by atoms with E-state index < -0.39 is 11.7 Å². The molecule has 0 saturated heterocycles. The summed E-state index contributed by atoms with van der Waals surface area (Å²) in [6.07, 6.45) is -4.47. The van der Waals surface area contributed by atoms with E-state index in [1.807, 2.05) is 30.5 Å². The van der Waals surface area contributed by atoms with E-state index in [2.05, 4.69) is 4.98 Å². The maximum atomic E-state index is 13.5. The minimum absolute atomic E-state index is 0.294. The van der Waals surface area contributed by atoms with Gasteiger partial charge in [0.15, 0.2) is 0 Å². The highest BCUT2D eigenvalue weighted by Crippen LogP contribution is 2.35. The molecule has 0 fully saturated rings. The van der Waals surface area contributed by atoms with Gasteiger partial charge in [0.2, 0.25) is 0 Å². The Kier molecular flexibility index (Phi) is 5.20. The predicted octanol–water partition coefficient (Wildman–Crippen LogP) is 5.27. The minimum atomic E-state index is -4.47. The molecule has 0 bridgehead atoms. The molecule has 1 aliphatic rings. The van der Waals surface area contributed by atoms with E-state index in [1.54, 1.807) is 24.3 Å². The van der Waals surface area contributed by atoms with Crippen LogP contribution in [0.15, 0.2) is 47.5 Å². The number of hydrogen-bond donors (Lipinski definition) is 0. The topological polar surface area (TPSA) is 33.4 Å². The zero-order valence-electron chi connectivity index (χ0n) is 16.8. The Labute approximate surface area is 177 Å². The third kappa shape index (κ3) is 3.63. The molecule has 8 heteroatoms.